The zero-order chi connectivity index (χ0) is 6.10. The van der Waals surface area contributed by atoms with Crippen LogP contribution in [0.1, 0.15) is 6.42 Å². The Morgan fingerprint density at radius 3 is 3.56 bits per heavy atom. The fraction of sp³-hybridized carbons (Fsp3) is 0.333. The molecule has 3 heteroatoms. The van der Waals surface area contributed by atoms with Gasteiger partial charge in [0.2, 0.25) is 0 Å². The zero-order valence-electron chi connectivity index (χ0n) is 4.91. The molecule has 0 aromatic heterocycles. The van der Waals surface area contributed by atoms with E-state index in [2.05, 4.69) is 15.3 Å². The van der Waals surface area contributed by atoms with Crippen LogP contribution in [0.2, 0.25) is 0 Å². The molecule has 0 aromatic carbocycles. The molecule has 3 nitrogen and oxygen atoms in total. The summed E-state index contributed by atoms with van der Waals surface area (Å²) in [7, 11) is 0. The van der Waals surface area contributed by atoms with Crippen molar-refractivity contribution in [2.24, 2.45) is 9.98 Å². The third kappa shape index (κ3) is 0.650. The van der Waals surface area contributed by atoms with Gasteiger partial charge in [-0.2, -0.15) is 0 Å². The molecule has 2 aliphatic rings. The summed E-state index contributed by atoms with van der Waals surface area (Å²) in [5.74, 6) is 0. The highest BCUT2D eigenvalue weighted by Crippen LogP contribution is 2.17. The Morgan fingerprint density at radius 2 is 2.67 bits per heavy atom. The molecule has 0 saturated carbocycles. The van der Waals surface area contributed by atoms with Crippen molar-refractivity contribution in [1.29, 1.82) is 0 Å². The molecular weight excluding hydrogens is 114 g/mol. The fourth-order valence-electron chi connectivity index (χ4n) is 0.991. The number of hydrogen-bond donors (Lipinski definition) is 1. The van der Waals surface area contributed by atoms with Gasteiger partial charge in [0, 0.05) is 18.8 Å². The number of aliphatic imine (C=N–C) groups is 2. The molecule has 0 aliphatic carbocycles. The predicted molar refractivity (Wildman–Crippen MR) is 36.6 cm³/mol. The molecule has 0 spiro atoms. The van der Waals surface area contributed by atoms with Crippen molar-refractivity contribution in [2.45, 2.75) is 12.5 Å². The minimum Gasteiger partial charge on any atom is -0.351 e. The largest absolute Gasteiger partial charge is 0.351 e. The van der Waals surface area contributed by atoms with Crippen LogP contribution in [0.5, 0.6) is 0 Å². The van der Waals surface area contributed by atoms with Crippen molar-refractivity contribution in [1.82, 2.24) is 5.32 Å². The Bertz CT molecular complexity index is 202. The van der Waals surface area contributed by atoms with Gasteiger partial charge in [0.1, 0.15) is 6.04 Å². The summed E-state index contributed by atoms with van der Waals surface area (Å²) in [6.45, 7) is 0. The molecule has 2 heterocycles. The molecule has 0 aromatic rings. The van der Waals surface area contributed by atoms with Crippen molar-refractivity contribution in [3.8, 4) is 0 Å². The first-order valence-corrected chi connectivity index (χ1v) is 2.97. The highest BCUT2D eigenvalue weighted by Gasteiger charge is 2.16. The van der Waals surface area contributed by atoms with Crippen LogP contribution in [0.25, 0.3) is 0 Å². The first-order valence-electron chi connectivity index (χ1n) is 2.97. The molecule has 1 atom stereocenters. The minimum absolute atomic E-state index is 0.311. The van der Waals surface area contributed by atoms with Crippen molar-refractivity contribution >= 4 is 12.6 Å². The summed E-state index contributed by atoms with van der Waals surface area (Å²) in [4.78, 5) is 8.28. The maximum Gasteiger partial charge on any atom is 0.100 e. The summed E-state index contributed by atoms with van der Waals surface area (Å²) >= 11 is 0. The number of nitrogens with one attached hydrogen (secondary N) is 1. The molecule has 0 saturated heterocycles. The van der Waals surface area contributed by atoms with Gasteiger partial charge in [-0.05, 0) is 0 Å². The van der Waals surface area contributed by atoms with E-state index in [1.807, 2.05) is 12.4 Å². The molecule has 0 fully saturated rings. The van der Waals surface area contributed by atoms with Crippen molar-refractivity contribution in [3.05, 3.63) is 11.9 Å². The fourth-order valence-corrected chi connectivity index (χ4v) is 0.991. The Balaban J connectivity index is 2.29. The molecule has 9 heavy (non-hydrogen) atoms. The molecule has 1 N–H and O–H groups in total. The SMILES string of the molecule is C1=NC2=CNC=NC2C1. The summed E-state index contributed by atoms with van der Waals surface area (Å²) in [6.07, 6.45) is 6.47. The first kappa shape index (κ1) is 4.73. The van der Waals surface area contributed by atoms with Crippen molar-refractivity contribution in [3.63, 3.8) is 0 Å². The van der Waals surface area contributed by atoms with E-state index < -0.39 is 0 Å². The van der Waals surface area contributed by atoms with Crippen molar-refractivity contribution < 1.29 is 0 Å². The van der Waals surface area contributed by atoms with Crippen molar-refractivity contribution in [2.75, 3.05) is 0 Å². The van der Waals surface area contributed by atoms with Gasteiger partial charge in [-0.15, -0.1) is 0 Å². The molecule has 46 valence electrons. The van der Waals surface area contributed by atoms with Crippen LogP contribution in [-0.2, 0) is 0 Å². The van der Waals surface area contributed by atoms with Crippen LogP contribution >= 0.6 is 0 Å². The Hall–Kier alpha value is -1.12. The van der Waals surface area contributed by atoms with E-state index in [-0.39, 0.29) is 0 Å². The van der Waals surface area contributed by atoms with Gasteiger partial charge < -0.3 is 5.32 Å². The quantitative estimate of drug-likeness (QED) is 0.491. The first-order chi connectivity index (χ1) is 4.47. The lowest BCUT2D eigenvalue weighted by molar-refractivity contribution is 0.816. The number of rotatable bonds is 0. The second-order valence-electron chi connectivity index (χ2n) is 2.08. The van der Waals surface area contributed by atoms with Crippen LogP contribution in [0.4, 0.5) is 0 Å². The molecule has 0 radical (unpaired) electrons. The normalized spacial score (nSPS) is 29.3. The van der Waals surface area contributed by atoms with E-state index in [1.54, 1.807) is 6.34 Å². The molecular formula is C6H7N3. The Labute approximate surface area is 53.2 Å². The van der Waals surface area contributed by atoms with Gasteiger partial charge in [0.15, 0.2) is 0 Å². The topological polar surface area (TPSA) is 36.8 Å². The lowest BCUT2D eigenvalue weighted by Crippen LogP contribution is -2.15. The van der Waals surface area contributed by atoms with E-state index in [0.29, 0.717) is 6.04 Å². The maximum atomic E-state index is 4.16. The van der Waals surface area contributed by atoms with Crippen LogP contribution < -0.4 is 5.32 Å². The zero-order valence-corrected chi connectivity index (χ0v) is 4.91. The highest BCUT2D eigenvalue weighted by molar-refractivity contribution is 5.69. The third-order valence-corrected chi connectivity index (χ3v) is 1.47. The van der Waals surface area contributed by atoms with Gasteiger partial charge in [0.25, 0.3) is 0 Å². The smallest absolute Gasteiger partial charge is 0.100 e. The van der Waals surface area contributed by atoms with Gasteiger partial charge >= 0.3 is 0 Å². The lowest BCUT2D eigenvalue weighted by atomic mass is 10.2. The monoisotopic (exact) mass is 121 g/mol. The predicted octanol–water partition coefficient (Wildman–Crippen LogP) is 0.302. The van der Waals surface area contributed by atoms with Gasteiger partial charge in [-0.1, -0.05) is 0 Å². The highest BCUT2D eigenvalue weighted by atomic mass is 15.0. The summed E-state index contributed by atoms with van der Waals surface area (Å²) in [5.41, 5.74) is 1.05. The lowest BCUT2D eigenvalue weighted by Gasteiger charge is -2.08. The van der Waals surface area contributed by atoms with Crippen LogP contribution in [0.3, 0.4) is 0 Å². The van der Waals surface area contributed by atoms with Crippen LogP contribution in [0.15, 0.2) is 21.9 Å². The van der Waals surface area contributed by atoms with E-state index in [4.69, 9.17) is 0 Å². The number of hydrogen-bond acceptors (Lipinski definition) is 3. The standard InChI is InChI=1S/C6H7N3/c1-2-8-6-3-7-4-9-5(1)6/h2-5H,1H2,(H,7,9). The van der Waals surface area contributed by atoms with Gasteiger partial charge in [-0.3, -0.25) is 9.98 Å². The summed E-state index contributed by atoms with van der Waals surface area (Å²) < 4.78 is 0. The number of nitrogens with zero attached hydrogens (tertiary/aromatic N) is 2. The van der Waals surface area contributed by atoms with E-state index in [0.717, 1.165) is 12.1 Å². The van der Waals surface area contributed by atoms with Gasteiger partial charge in [-0.25, -0.2) is 0 Å². The summed E-state index contributed by atoms with van der Waals surface area (Å²) in [5, 5.41) is 2.89. The molecule has 2 rings (SSSR count). The second kappa shape index (κ2) is 1.69. The molecule has 1 unspecified atom stereocenters. The van der Waals surface area contributed by atoms with Crippen LogP contribution in [0, 0.1) is 0 Å². The molecule has 2 aliphatic heterocycles. The second-order valence-corrected chi connectivity index (χ2v) is 2.08. The summed E-state index contributed by atoms with van der Waals surface area (Å²) in [6, 6.07) is 0.311. The maximum absolute atomic E-state index is 4.16. The molecule has 0 amide bonds. The number of fused-ring (bicyclic) bond motifs is 1. The Morgan fingerprint density at radius 1 is 1.67 bits per heavy atom. The average Bonchev–Trinajstić information content (AvgIpc) is 2.33. The van der Waals surface area contributed by atoms with E-state index in [1.165, 1.54) is 0 Å². The van der Waals surface area contributed by atoms with E-state index in [9.17, 15) is 0 Å². The Kier molecular flexibility index (Phi) is 0.886. The third-order valence-electron chi connectivity index (χ3n) is 1.47. The average molecular weight is 121 g/mol. The van der Waals surface area contributed by atoms with E-state index >= 15 is 0 Å². The van der Waals surface area contributed by atoms with Gasteiger partial charge in [0.05, 0.1) is 12.0 Å². The van der Waals surface area contributed by atoms with Crippen LogP contribution in [-0.4, -0.2) is 18.6 Å². The molecule has 0 bridgehead atoms. The minimum atomic E-state index is 0.311.